The average molecular weight is 827 g/mol. The number of hydrogen-bond donors (Lipinski definition) is 0. The van der Waals surface area contributed by atoms with Crippen molar-refractivity contribution in [3.63, 3.8) is 0 Å². The summed E-state index contributed by atoms with van der Waals surface area (Å²) in [5.74, 6) is -6.55. The molecule has 14 heteroatoms. The van der Waals surface area contributed by atoms with Crippen molar-refractivity contribution < 1.29 is 61.6 Å². The monoisotopic (exact) mass is 826 g/mol. The van der Waals surface area contributed by atoms with Crippen LogP contribution in [0.25, 0.3) is 0 Å². The van der Waals surface area contributed by atoms with Crippen LogP contribution in [0, 0.1) is 0 Å². The lowest BCUT2D eigenvalue weighted by molar-refractivity contribution is -0.318. The highest BCUT2D eigenvalue weighted by Gasteiger charge is 2.60. The van der Waals surface area contributed by atoms with Gasteiger partial charge in [-0.25, -0.2) is 24.0 Å². The zero-order valence-corrected chi connectivity index (χ0v) is 35.2. The van der Waals surface area contributed by atoms with Crippen molar-refractivity contribution in [1.29, 1.82) is 0 Å². The summed E-state index contributed by atoms with van der Waals surface area (Å²) in [5.41, 5.74) is 0.585. The molecule has 0 aromatic heterocycles. The van der Waals surface area contributed by atoms with Crippen LogP contribution in [0.2, 0.25) is 18.1 Å². The Morgan fingerprint density at radius 2 is 1.12 bits per heavy atom. The van der Waals surface area contributed by atoms with Crippen LogP contribution in [0.5, 0.6) is 0 Å². The SMILES string of the molecule is COC(=O)[C@]1(OC)C[C@H](O[Si](C)(C)C(C)(C)C)[C@H](OC(=O)c2ccccc2)[C@H]([C@H](OC(=O)c2ccccc2)[C@@H](COC(=O)c2ccccc2)OC(=O)c2ccccc2)O1. The molecule has 1 fully saturated rings. The van der Waals surface area contributed by atoms with E-state index >= 15 is 0 Å². The number of hydrogen-bond acceptors (Lipinski definition) is 13. The van der Waals surface area contributed by atoms with Crippen LogP contribution in [0.1, 0.15) is 68.6 Å². The Kier molecular flexibility index (Phi) is 14.6. The Balaban J connectivity index is 1.72. The van der Waals surface area contributed by atoms with E-state index in [4.69, 9.17) is 37.6 Å². The number of carbonyl (C=O) groups excluding carboxylic acids is 5. The molecule has 0 N–H and O–H groups in total. The van der Waals surface area contributed by atoms with E-state index < -0.39 is 86.1 Å². The van der Waals surface area contributed by atoms with Gasteiger partial charge < -0.3 is 37.6 Å². The first kappa shape index (κ1) is 44.4. The van der Waals surface area contributed by atoms with Gasteiger partial charge in [0, 0.05) is 13.5 Å². The fourth-order valence-corrected chi connectivity index (χ4v) is 7.50. The van der Waals surface area contributed by atoms with Crippen LogP contribution in [0.3, 0.4) is 0 Å². The van der Waals surface area contributed by atoms with E-state index in [0.717, 1.165) is 7.11 Å². The maximum atomic E-state index is 14.1. The smallest absolute Gasteiger partial charge is 0.366 e. The van der Waals surface area contributed by atoms with Crippen LogP contribution in [-0.4, -0.2) is 95.3 Å². The van der Waals surface area contributed by atoms with Gasteiger partial charge in [0.15, 0.2) is 26.6 Å². The first-order valence-corrected chi connectivity index (χ1v) is 22.0. The standard InChI is InChI=1S/C45H50O13Si/c1-44(2,3)59(6,7)58-34-28-45(52-5,43(50)51-4)57-38(36(34)55-41(48)32-24-16-10-17-25-32)37(56-42(49)33-26-18-11-19-27-33)35(54-40(47)31-22-14-9-15-23-31)29-53-39(46)30-20-12-8-13-21-30/h8-27,34-38H,28-29H2,1-7H3/t34-,35+,36-,37+,38+,45-/m0/s1. The van der Waals surface area contributed by atoms with Gasteiger partial charge in [0.1, 0.15) is 12.7 Å². The third-order valence-corrected chi connectivity index (χ3v) is 14.9. The quantitative estimate of drug-likeness (QED) is 0.0673. The van der Waals surface area contributed by atoms with Gasteiger partial charge >= 0.3 is 29.8 Å². The predicted octanol–water partition coefficient (Wildman–Crippen LogP) is 7.22. The number of carbonyl (C=O) groups is 5. The first-order valence-electron chi connectivity index (χ1n) is 19.1. The molecule has 1 aliphatic heterocycles. The highest BCUT2D eigenvalue weighted by Crippen LogP contribution is 2.43. The fourth-order valence-electron chi connectivity index (χ4n) is 6.17. The third-order valence-electron chi connectivity index (χ3n) is 10.4. The lowest BCUT2D eigenvalue weighted by Gasteiger charge is -2.50. The molecule has 0 radical (unpaired) electrons. The van der Waals surface area contributed by atoms with Crippen LogP contribution >= 0.6 is 0 Å². The van der Waals surface area contributed by atoms with Gasteiger partial charge in [0.25, 0.3) is 5.79 Å². The second-order valence-corrected chi connectivity index (χ2v) is 20.2. The van der Waals surface area contributed by atoms with Crippen LogP contribution in [0.4, 0.5) is 0 Å². The molecule has 1 aliphatic rings. The summed E-state index contributed by atoms with van der Waals surface area (Å²) >= 11 is 0. The van der Waals surface area contributed by atoms with E-state index in [0.29, 0.717) is 0 Å². The van der Waals surface area contributed by atoms with Crippen molar-refractivity contribution >= 4 is 38.2 Å². The summed E-state index contributed by atoms with van der Waals surface area (Å²) < 4.78 is 48.9. The Morgan fingerprint density at radius 1 is 0.678 bits per heavy atom. The molecule has 0 bridgehead atoms. The normalized spacial score (nSPS) is 20.3. The Morgan fingerprint density at radius 3 is 1.56 bits per heavy atom. The van der Waals surface area contributed by atoms with Gasteiger partial charge in [0.05, 0.1) is 35.5 Å². The number of rotatable bonds is 15. The molecule has 5 rings (SSSR count). The summed E-state index contributed by atoms with van der Waals surface area (Å²) in [6.45, 7) is 9.28. The first-order chi connectivity index (χ1) is 28.1. The molecule has 0 spiro atoms. The van der Waals surface area contributed by atoms with Crippen molar-refractivity contribution in [2.24, 2.45) is 0 Å². The van der Waals surface area contributed by atoms with E-state index in [1.807, 2.05) is 33.9 Å². The van der Waals surface area contributed by atoms with Crippen molar-refractivity contribution in [1.82, 2.24) is 0 Å². The number of ether oxygens (including phenoxy) is 7. The molecule has 312 valence electrons. The molecule has 13 nitrogen and oxygen atoms in total. The maximum Gasteiger partial charge on any atom is 0.366 e. The molecule has 1 heterocycles. The fraction of sp³-hybridized carbons (Fsp3) is 0.356. The summed E-state index contributed by atoms with van der Waals surface area (Å²) in [7, 11) is -0.440. The molecule has 0 saturated carbocycles. The van der Waals surface area contributed by atoms with Gasteiger partial charge in [0.2, 0.25) is 0 Å². The molecule has 4 aromatic rings. The minimum Gasteiger partial charge on any atom is -0.465 e. The minimum absolute atomic E-state index is 0.0978. The molecule has 1 saturated heterocycles. The summed E-state index contributed by atoms with van der Waals surface area (Å²) in [6.07, 6.45) is -8.12. The zero-order valence-electron chi connectivity index (χ0n) is 34.2. The molecule has 0 unspecified atom stereocenters. The van der Waals surface area contributed by atoms with Crippen LogP contribution in [0.15, 0.2) is 121 Å². The van der Waals surface area contributed by atoms with Crippen molar-refractivity contribution in [3.8, 4) is 0 Å². The minimum atomic E-state index is -2.82. The van der Waals surface area contributed by atoms with E-state index in [9.17, 15) is 24.0 Å². The maximum absolute atomic E-state index is 14.1. The summed E-state index contributed by atoms with van der Waals surface area (Å²) in [5, 5.41) is -0.394. The summed E-state index contributed by atoms with van der Waals surface area (Å²) in [6, 6.07) is 32.2. The molecular formula is C45H50O13Si. The van der Waals surface area contributed by atoms with Gasteiger partial charge in [-0.2, -0.15) is 0 Å². The Hall–Kier alpha value is -5.67. The lowest BCUT2D eigenvalue weighted by atomic mass is 9.90. The molecular weight excluding hydrogens is 777 g/mol. The van der Waals surface area contributed by atoms with Crippen LogP contribution in [-0.2, 0) is 42.4 Å². The van der Waals surface area contributed by atoms with E-state index in [1.54, 1.807) is 84.9 Å². The second-order valence-electron chi connectivity index (χ2n) is 15.4. The number of benzene rings is 4. The van der Waals surface area contributed by atoms with E-state index in [1.165, 1.54) is 43.5 Å². The molecule has 0 amide bonds. The van der Waals surface area contributed by atoms with Gasteiger partial charge in [-0.05, 0) is 66.7 Å². The topological polar surface area (TPSA) is 159 Å². The third kappa shape index (κ3) is 10.9. The van der Waals surface area contributed by atoms with Crippen LogP contribution < -0.4 is 0 Å². The van der Waals surface area contributed by atoms with Crippen molar-refractivity contribution in [2.75, 3.05) is 20.8 Å². The van der Waals surface area contributed by atoms with Gasteiger partial charge in [-0.15, -0.1) is 0 Å². The number of esters is 5. The van der Waals surface area contributed by atoms with E-state index in [2.05, 4.69) is 0 Å². The molecule has 0 aliphatic carbocycles. The van der Waals surface area contributed by atoms with E-state index in [-0.39, 0.29) is 28.7 Å². The van der Waals surface area contributed by atoms with Crippen molar-refractivity contribution in [2.45, 2.75) is 81.6 Å². The Bertz CT molecular complexity index is 2040. The predicted molar refractivity (Wildman–Crippen MR) is 217 cm³/mol. The zero-order chi connectivity index (χ0) is 42.8. The lowest BCUT2D eigenvalue weighted by Crippen LogP contribution is -2.67. The van der Waals surface area contributed by atoms with Crippen molar-refractivity contribution in [3.05, 3.63) is 144 Å². The largest absolute Gasteiger partial charge is 0.465 e. The molecule has 59 heavy (non-hydrogen) atoms. The van der Waals surface area contributed by atoms with Gasteiger partial charge in [-0.1, -0.05) is 93.6 Å². The Labute approximate surface area is 344 Å². The molecule has 6 atom stereocenters. The average Bonchev–Trinajstić information content (AvgIpc) is 3.25. The highest BCUT2D eigenvalue weighted by atomic mass is 28.4. The second kappa shape index (κ2) is 19.4. The molecule has 4 aromatic carbocycles. The number of methoxy groups -OCH3 is 2. The highest BCUT2D eigenvalue weighted by molar-refractivity contribution is 6.74. The summed E-state index contributed by atoms with van der Waals surface area (Å²) in [4.78, 5) is 69.3. The van der Waals surface area contributed by atoms with Gasteiger partial charge in [-0.3, -0.25) is 0 Å².